The highest BCUT2D eigenvalue weighted by Crippen LogP contribution is 2.39. The number of rotatable bonds is 6. The average Bonchev–Trinajstić information content (AvgIpc) is 2.96. The second kappa shape index (κ2) is 12.3. The molecule has 10 heteroatoms. The molecule has 0 radical (unpaired) electrons. The summed E-state index contributed by atoms with van der Waals surface area (Å²) in [5.74, 6) is -0.481. The number of aromatic hydroxyl groups is 1. The summed E-state index contributed by atoms with van der Waals surface area (Å²) >= 11 is 0. The first kappa shape index (κ1) is 28.6. The Morgan fingerprint density at radius 1 is 1.00 bits per heavy atom. The average molecular weight is 572 g/mol. The number of sulfonamides is 1. The van der Waals surface area contributed by atoms with E-state index < -0.39 is 34.0 Å². The van der Waals surface area contributed by atoms with Crippen molar-refractivity contribution in [2.45, 2.75) is 68.0 Å². The van der Waals surface area contributed by atoms with Crippen LogP contribution in [0.25, 0.3) is 0 Å². The molecule has 2 aromatic carbocycles. The number of hydrogen-bond donors (Lipinski definition) is 1. The Kier molecular flexibility index (Phi) is 8.77. The monoisotopic (exact) mass is 571 g/mol. The molecule has 3 aliphatic heterocycles. The van der Waals surface area contributed by atoms with Gasteiger partial charge in [-0.15, -0.1) is 0 Å². The summed E-state index contributed by atoms with van der Waals surface area (Å²) in [5, 5.41) is 9.70. The van der Waals surface area contributed by atoms with Crippen molar-refractivity contribution in [1.82, 2.24) is 14.1 Å². The zero-order valence-corrected chi connectivity index (χ0v) is 23.6. The van der Waals surface area contributed by atoms with Crippen LogP contribution in [0.3, 0.4) is 0 Å². The lowest BCUT2D eigenvalue weighted by atomic mass is 9.93. The maximum Gasteiger partial charge on any atom is 0.409 e. The number of hydrogen-bond acceptors (Lipinski definition) is 6. The predicted octanol–water partition coefficient (Wildman–Crippen LogP) is 5.07. The van der Waals surface area contributed by atoms with Crippen molar-refractivity contribution < 1.29 is 27.4 Å². The largest absolute Gasteiger partial charge is 0.508 e. The third-order valence-corrected chi connectivity index (χ3v) is 10.4. The highest BCUT2D eigenvalue weighted by Gasteiger charge is 2.41. The molecule has 216 valence electrons. The number of piperidine rings is 3. The number of likely N-dealkylation sites (tertiary alicyclic amines) is 2. The topological polar surface area (TPSA) is 90.4 Å². The Labute approximate surface area is 236 Å². The van der Waals surface area contributed by atoms with Gasteiger partial charge in [0.1, 0.15) is 18.2 Å². The Morgan fingerprint density at radius 2 is 1.70 bits per heavy atom. The van der Waals surface area contributed by atoms with Crippen LogP contribution in [0.5, 0.6) is 5.75 Å². The molecule has 0 aromatic heterocycles. The number of amides is 1. The summed E-state index contributed by atoms with van der Waals surface area (Å²) in [4.78, 5) is 17.3. The zero-order chi connectivity index (χ0) is 28.3. The van der Waals surface area contributed by atoms with Crippen LogP contribution in [-0.2, 0) is 14.8 Å². The molecule has 40 heavy (non-hydrogen) atoms. The fourth-order valence-corrected chi connectivity index (χ4v) is 8.07. The molecule has 3 fully saturated rings. The lowest BCUT2D eigenvalue weighted by Gasteiger charge is -2.42. The Bertz CT molecular complexity index is 1300. The molecule has 0 spiro atoms. The first-order valence-corrected chi connectivity index (χ1v) is 15.6. The van der Waals surface area contributed by atoms with Gasteiger partial charge < -0.3 is 14.7 Å². The number of phenols is 1. The molecule has 2 aromatic rings. The van der Waals surface area contributed by atoms with E-state index in [2.05, 4.69) is 11.5 Å². The zero-order valence-electron chi connectivity index (χ0n) is 22.8. The van der Waals surface area contributed by atoms with Crippen LogP contribution in [-0.4, -0.2) is 78.6 Å². The van der Waals surface area contributed by atoms with E-state index in [1.807, 2.05) is 0 Å². The van der Waals surface area contributed by atoms with Gasteiger partial charge in [-0.2, -0.15) is 4.31 Å². The Balaban J connectivity index is 1.28. The van der Waals surface area contributed by atoms with Crippen LogP contribution in [0.2, 0.25) is 0 Å². The van der Waals surface area contributed by atoms with E-state index in [0.29, 0.717) is 44.0 Å². The van der Waals surface area contributed by atoms with Gasteiger partial charge in [0, 0.05) is 32.2 Å². The maximum absolute atomic E-state index is 14.2. The van der Waals surface area contributed by atoms with Crippen molar-refractivity contribution >= 4 is 16.1 Å². The van der Waals surface area contributed by atoms with Gasteiger partial charge in [-0.05, 0) is 86.9 Å². The first-order chi connectivity index (χ1) is 19.2. The van der Waals surface area contributed by atoms with Crippen molar-refractivity contribution in [2.75, 3.05) is 32.8 Å². The lowest BCUT2D eigenvalue weighted by Crippen LogP contribution is -2.50. The Hall–Kier alpha value is -2.95. The summed E-state index contributed by atoms with van der Waals surface area (Å²) in [6.07, 6.45) is 5.13. The number of phenolic OH excluding ortho intramolecular Hbond substituents is 1. The van der Waals surface area contributed by atoms with Crippen molar-refractivity contribution in [3.63, 3.8) is 0 Å². The van der Waals surface area contributed by atoms with E-state index in [0.717, 1.165) is 38.8 Å². The third-order valence-electron chi connectivity index (χ3n) is 8.47. The maximum atomic E-state index is 14.2. The number of ether oxygens (including phenoxy) is 1. The number of benzene rings is 2. The first-order valence-electron chi connectivity index (χ1n) is 14.1. The summed E-state index contributed by atoms with van der Waals surface area (Å²) in [7, 11) is -4.05. The quantitative estimate of drug-likeness (QED) is 0.487. The fraction of sp³-hybridized carbons (Fsp3) is 0.500. The molecule has 1 amide bonds. The molecule has 2 atom stereocenters. The van der Waals surface area contributed by atoms with Gasteiger partial charge in [0.2, 0.25) is 10.0 Å². The van der Waals surface area contributed by atoms with Gasteiger partial charge in [-0.1, -0.05) is 24.3 Å². The van der Waals surface area contributed by atoms with Crippen LogP contribution in [0.15, 0.2) is 65.6 Å². The third kappa shape index (κ3) is 6.34. The Morgan fingerprint density at radius 3 is 2.38 bits per heavy atom. The van der Waals surface area contributed by atoms with Gasteiger partial charge in [-0.25, -0.2) is 17.6 Å². The van der Waals surface area contributed by atoms with E-state index >= 15 is 0 Å². The standard InChI is InChI=1S/C30H38FN3O5S/c1-22-12-16-32(17-13-22)25-14-18-33(19-15-25)30(36)39-21-26-6-3-7-29(23-4-2-5-24(31)20-23)34(26)40(37,38)28-10-8-27(35)9-11-28/h2,4-5,8-11,20,25-26,29,35H,1,3,6-7,12-19,21H2/t26-,29+/m1/s1. The molecule has 0 aliphatic carbocycles. The predicted molar refractivity (Wildman–Crippen MR) is 150 cm³/mol. The van der Waals surface area contributed by atoms with Crippen LogP contribution in [0.1, 0.15) is 56.6 Å². The van der Waals surface area contributed by atoms with Gasteiger partial charge >= 0.3 is 6.09 Å². The molecule has 8 nitrogen and oxygen atoms in total. The van der Waals surface area contributed by atoms with Gasteiger partial charge in [0.05, 0.1) is 17.0 Å². The normalized spacial score (nSPS) is 23.7. The molecule has 3 saturated heterocycles. The van der Waals surface area contributed by atoms with Crippen LogP contribution in [0.4, 0.5) is 9.18 Å². The summed E-state index contributed by atoms with van der Waals surface area (Å²) < 4.78 is 49.1. The highest BCUT2D eigenvalue weighted by molar-refractivity contribution is 7.89. The fourth-order valence-electron chi connectivity index (χ4n) is 6.22. The molecule has 3 aliphatic rings. The SMILES string of the molecule is C=C1CCN(C2CCN(C(=O)OC[C@H]3CCC[C@@H](c4cccc(F)c4)N3S(=O)(=O)c3ccc(O)cc3)CC2)CC1. The van der Waals surface area contributed by atoms with Crippen LogP contribution < -0.4 is 0 Å². The van der Waals surface area contributed by atoms with Crippen LogP contribution >= 0.6 is 0 Å². The number of carbonyl (C=O) groups excluding carboxylic acids is 1. The van der Waals surface area contributed by atoms with Crippen molar-refractivity contribution in [2.24, 2.45) is 0 Å². The van der Waals surface area contributed by atoms with Crippen molar-refractivity contribution in [1.29, 1.82) is 0 Å². The minimum absolute atomic E-state index is 0.0216. The van der Waals surface area contributed by atoms with E-state index in [-0.39, 0.29) is 17.3 Å². The van der Waals surface area contributed by atoms with E-state index in [4.69, 9.17) is 4.74 Å². The summed E-state index contributed by atoms with van der Waals surface area (Å²) in [5.41, 5.74) is 1.86. The molecule has 0 unspecified atom stereocenters. The van der Waals surface area contributed by atoms with Gasteiger partial charge in [0.15, 0.2) is 0 Å². The minimum Gasteiger partial charge on any atom is -0.508 e. The molecular weight excluding hydrogens is 533 g/mol. The number of carbonyl (C=O) groups is 1. The smallest absolute Gasteiger partial charge is 0.409 e. The molecule has 3 heterocycles. The van der Waals surface area contributed by atoms with Gasteiger partial charge in [-0.3, -0.25) is 4.90 Å². The molecule has 0 saturated carbocycles. The van der Waals surface area contributed by atoms with E-state index in [9.17, 15) is 22.7 Å². The highest BCUT2D eigenvalue weighted by atomic mass is 32.2. The van der Waals surface area contributed by atoms with Gasteiger partial charge in [0.25, 0.3) is 0 Å². The minimum atomic E-state index is -4.05. The second-order valence-electron chi connectivity index (χ2n) is 11.1. The van der Waals surface area contributed by atoms with E-state index in [1.54, 1.807) is 17.0 Å². The lowest BCUT2D eigenvalue weighted by molar-refractivity contribution is 0.0465. The number of nitrogens with zero attached hydrogens (tertiary/aromatic N) is 3. The van der Waals surface area contributed by atoms with Crippen LogP contribution in [0, 0.1) is 5.82 Å². The molecule has 1 N–H and O–H groups in total. The van der Waals surface area contributed by atoms with E-state index in [1.165, 1.54) is 46.3 Å². The summed E-state index contributed by atoms with van der Waals surface area (Å²) in [6, 6.07) is 10.6. The molecule has 0 bridgehead atoms. The van der Waals surface area contributed by atoms with Crippen molar-refractivity contribution in [3.05, 3.63) is 72.1 Å². The summed E-state index contributed by atoms with van der Waals surface area (Å²) in [6.45, 7) is 7.25. The van der Waals surface area contributed by atoms with Crippen molar-refractivity contribution in [3.8, 4) is 5.75 Å². The number of halogens is 1. The molecular formula is C30H38FN3O5S. The molecule has 5 rings (SSSR count). The second-order valence-corrected chi connectivity index (χ2v) is 12.9.